The lowest BCUT2D eigenvalue weighted by atomic mass is 9.71. The lowest BCUT2D eigenvalue weighted by Crippen LogP contribution is -2.53. The van der Waals surface area contributed by atoms with Crippen molar-refractivity contribution in [3.05, 3.63) is 94.0 Å². The second-order valence-corrected chi connectivity index (χ2v) is 26.4. The van der Waals surface area contributed by atoms with Crippen LogP contribution in [0.15, 0.2) is 72.9 Å². The predicted octanol–water partition coefficient (Wildman–Crippen LogP) is 11.9. The Kier molecular flexibility index (Phi) is 18.3. The summed E-state index contributed by atoms with van der Waals surface area (Å²) in [6.45, 7) is 23.9. The number of Topliss-reactive ketones (excluding diaryl/α,β-unsaturated/α-hetero) is 1. The van der Waals surface area contributed by atoms with Gasteiger partial charge in [-0.05, 0) is 105 Å². The third-order valence-corrected chi connectivity index (χ3v) is 19.0. The number of aromatic nitrogens is 1. The van der Waals surface area contributed by atoms with E-state index < -0.39 is 67.9 Å². The zero-order valence-electron chi connectivity index (χ0n) is 41.1. The summed E-state index contributed by atoms with van der Waals surface area (Å²) < 4.78 is 31.7. The summed E-state index contributed by atoms with van der Waals surface area (Å²) in [5.41, 5.74) is 2.01. The first kappa shape index (κ1) is 54.0. The van der Waals surface area contributed by atoms with Crippen LogP contribution in [0.4, 0.5) is 4.79 Å². The average Bonchev–Trinajstić information content (AvgIpc) is 3.80. The number of allylic oxidation sites excluding steroid dienone is 2. The van der Waals surface area contributed by atoms with E-state index in [4.69, 9.17) is 35.0 Å². The summed E-state index contributed by atoms with van der Waals surface area (Å²) in [7, 11) is -2.61. The second-order valence-electron chi connectivity index (χ2n) is 20.0. The SMILES string of the molecule is C=CC[C@H]1C(=O)C(C)(C)[C@@H](O[Si](C)(C)C(C)(C)C)CC(=O)O[C@H](c2ccc3sc(C)nc3c2)CC=C(C)CCC[C@H](C)[C@@H]1OC(=O)OCc1ccc(OC(=O)CCCN2C(=O)C=CC2=O)c(Cl)c1. The number of halogens is 1. The summed E-state index contributed by atoms with van der Waals surface area (Å²) >= 11 is 8.08. The van der Waals surface area contributed by atoms with Crippen molar-refractivity contribution in [1.82, 2.24) is 9.88 Å². The summed E-state index contributed by atoms with van der Waals surface area (Å²) in [5.74, 6) is -3.27. The molecule has 0 unspecified atom stereocenters. The molecule has 0 N–H and O–H groups in total. The van der Waals surface area contributed by atoms with Crippen LogP contribution in [0, 0.1) is 24.2 Å². The van der Waals surface area contributed by atoms with Gasteiger partial charge in [-0.25, -0.2) is 9.78 Å². The molecule has 68 heavy (non-hydrogen) atoms. The number of ketones is 1. The van der Waals surface area contributed by atoms with Crippen LogP contribution in [0.5, 0.6) is 5.75 Å². The molecule has 0 spiro atoms. The number of cyclic esters (lactones) is 1. The van der Waals surface area contributed by atoms with Gasteiger partial charge in [0.15, 0.2) is 8.32 Å². The molecule has 2 aromatic carbocycles. The van der Waals surface area contributed by atoms with Gasteiger partial charge in [-0.1, -0.05) is 83.0 Å². The van der Waals surface area contributed by atoms with Gasteiger partial charge in [-0.15, -0.1) is 17.9 Å². The van der Waals surface area contributed by atoms with Gasteiger partial charge in [0.2, 0.25) is 0 Å². The van der Waals surface area contributed by atoms with Crippen molar-refractivity contribution in [2.45, 2.75) is 150 Å². The van der Waals surface area contributed by atoms with Gasteiger partial charge in [-0.2, -0.15) is 0 Å². The summed E-state index contributed by atoms with van der Waals surface area (Å²) in [4.78, 5) is 85.1. The molecule has 2 aliphatic heterocycles. The van der Waals surface area contributed by atoms with Crippen LogP contribution in [0.2, 0.25) is 23.2 Å². The smallest absolute Gasteiger partial charge is 0.457 e. The molecule has 1 aromatic heterocycles. The minimum atomic E-state index is -2.61. The number of imide groups is 1. The van der Waals surface area contributed by atoms with Crippen LogP contribution in [0.3, 0.4) is 0 Å². The van der Waals surface area contributed by atoms with Crippen molar-refractivity contribution in [2.24, 2.45) is 17.3 Å². The van der Waals surface area contributed by atoms with Crippen molar-refractivity contribution in [2.75, 3.05) is 6.54 Å². The lowest BCUT2D eigenvalue weighted by Gasteiger charge is -2.45. The summed E-state index contributed by atoms with van der Waals surface area (Å²) in [5, 5.41) is 0.790. The Morgan fingerprint density at radius 3 is 2.43 bits per heavy atom. The highest BCUT2D eigenvalue weighted by atomic mass is 35.5. The van der Waals surface area contributed by atoms with Gasteiger partial charge < -0.3 is 23.4 Å². The number of ether oxygens (including phenoxy) is 4. The molecule has 3 heterocycles. The minimum Gasteiger partial charge on any atom is -0.457 e. The van der Waals surface area contributed by atoms with Crippen LogP contribution in [0.25, 0.3) is 10.2 Å². The van der Waals surface area contributed by atoms with Crippen LogP contribution in [-0.2, 0) is 49.2 Å². The number of amides is 2. The topological polar surface area (TPSA) is 165 Å². The molecule has 0 bridgehead atoms. The highest BCUT2D eigenvalue weighted by Crippen LogP contribution is 2.43. The molecule has 5 rings (SSSR count). The van der Waals surface area contributed by atoms with E-state index in [2.05, 4.69) is 51.5 Å². The molecule has 368 valence electrons. The standard InChI is InChI=1S/C52H67ClN2O11SSi/c1-12-15-37-48(65-50(61)62-31-35-20-23-41(38(53)28-35)64-46(58)18-14-27-55-44(56)25-26-45(55)57)33(3)17-13-16-32(2)19-22-40(36-21-24-42-39(29-36)54-34(4)67-42)63-47(59)30-43(52(8,9)49(37)60)66-68(10,11)51(5,6)7/h12,19-21,23-26,28-29,33,37,40,43,48H,1,13-18,22,27,30-31H2,2-11H3/t33-,37+,40-,43-,48-/m0/s1. The van der Waals surface area contributed by atoms with E-state index in [9.17, 15) is 24.0 Å². The van der Waals surface area contributed by atoms with Crippen LogP contribution in [0.1, 0.15) is 122 Å². The van der Waals surface area contributed by atoms with Crippen molar-refractivity contribution in [3.63, 3.8) is 0 Å². The Hall–Kier alpha value is -4.96. The molecule has 0 aliphatic carbocycles. The third kappa shape index (κ3) is 14.1. The van der Waals surface area contributed by atoms with E-state index in [0.29, 0.717) is 18.4 Å². The lowest BCUT2D eigenvalue weighted by molar-refractivity contribution is -0.155. The molecule has 13 nitrogen and oxygen atoms in total. The number of esters is 2. The molecule has 0 fully saturated rings. The maximum Gasteiger partial charge on any atom is 0.508 e. The zero-order chi connectivity index (χ0) is 50.1. The molecule has 0 radical (unpaired) electrons. The zero-order valence-corrected chi connectivity index (χ0v) is 43.7. The monoisotopic (exact) mass is 990 g/mol. The van der Waals surface area contributed by atoms with Crippen LogP contribution in [-0.4, -0.2) is 72.6 Å². The van der Waals surface area contributed by atoms with Gasteiger partial charge in [0, 0.05) is 37.0 Å². The minimum absolute atomic E-state index is 0.0599. The van der Waals surface area contributed by atoms with E-state index in [-0.39, 0.29) is 66.3 Å². The summed E-state index contributed by atoms with van der Waals surface area (Å²) in [6, 6.07) is 10.6. The predicted molar refractivity (Wildman–Crippen MR) is 266 cm³/mol. The number of nitrogens with zero attached hydrogens (tertiary/aromatic N) is 2. The van der Waals surface area contributed by atoms with Gasteiger partial charge in [0.25, 0.3) is 11.8 Å². The molecule has 16 heteroatoms. The Balaban J connectivity index is 1.36. The van der Waals surface area contributed by atoms with Crippen LogP contribution >= 0.6 is 22.9 Å². The van der Waals surface area contributed by atoms with Crippen molar-refractivity contribution >= 4 is 77.2 Å². The van der Waals surface area contributed by atoms with Gasteiger partial charge in [-0.3, -0.25) is 28.9 Å². The van der Waals surface area contributed by atoms with E-state index in [1.165, 1.54) is 24.3 Å². The normalized spacial score (nSPS) is 22.2. The molecule has 5 atom stereocenters. The Labute approximate surface area is 410 Å². The quantitative estimate of drug-likeness (QED) is 0.0524. The molecule has 3 aromatic rings. The fourth-order valence-corrected chi connectivity index (χ4v) is 10.6. The fraction of sp³-hybridized carbons (Fsp3) is 0.519. The number of carbonyl (C=O) groups excluding carboxylic acids is 6. The summed E-state index contributed by atoms with van der Waals surface area (Å²) in [6.07, 6.45) is 5.40. The first-order valence-electron chi connectivity index (χ1n) is 23.3. The maximum absolute atomic E-state index is 15.3. The number of fused-ring (bicyclic) bond motifs is 1. The van der Waals surface area contributed by atoms with Crippen molar-refractivity contribution in [1.29, 1.82) is 0 Å². The van der Waals surface area contributed by atoms with E-state index >= 15 is 4.79 Å². The molecule has 2 aliphatic rings. The molecular weight excluding hydrogens is 924 g/mol. The molecule has 2 amide bonds. The van der Waals surface area contributed by atoms with E-state index in [1.54, 1.807) is 37.3 Å². The van der Waals surface area contributed by atoms with Gasteiger partial charge in [0.1, 0.15) is 30.3 Å². The first-order valence-corrected chi connectivity index (χ1v) is 27.4. The van der Waals surface area contributed by atoms with Crippen molar-refractivity contribution < 1.29 is 52.1 Å². The Morgan fingerprint density at radius 2 is 1.76 bits per heavy atom. The first-order chi connectivity index (χ1) is 31.9. The number of carbonyl (C=O) groups is 6. The highest BCUT2D eigenvalue weighted by molar-refractivity contribution is 7.18. The third-order valence-electron chi connectivity index (χ3n) is 13.3. The number of hydrogen-bond donors (Lipinski definition) is 0. The maximum atomic E-state index is 15.3. The van der Waals surface area contributed by atoms with Gasteiger partial charge in [0.05, 0.1) is 38.7 Å². The number of hydrogen-bond acceptors (Lipinski definition) is 13. The van der Waals surface area contributed by atoms with E-state index in [1.807, 2.05) is 39.0 Å². The Bertz CT molecular complexity index is 2420. The second kappa shape index (κ2) is 23.1. The number of rotatable bonds is 13. The number of benzene rings is 2. The molecule has 0 saturated heterocycles. The highest BCUT2D eigenvalue weighted by Gasteiger charge is 2.50. The number of aryl methyl sites for hydroxylation is 1. The fourth-order valence-electron chi connectivity index (χ4n) is 8.14. The Morgan fingerprint density at radius 1 is 1.06 bits per heavy atom. The molecule has 0 saturated carbocycles. The number of thiazole rings is 1. The largest absolute Gasteiger partial charge is 0.508 e. The van der Waals surface area contributed by atoms with Crippen LogP contribution < -0.4 is 4.74 Å². The van der Waals surface area contributed by atoms with Gasteiger partial charge >= 0.3 is 18.1 Å². The average molecular weight is 992 g/mol. The van der Waals surface area contributed by atoms with E-state index in [0.717, 1.165) is 44.1 Å². The van der Waals surface area contributed by atoms with Crippen molar-refractivity contribution in [3.8, 4) is 5.75 Å². The molecular formula is C52H67ClN2O11SSi.